The van der Waals surface area contributed by atoms with Crippen molar-refractivity contribution in [1.29, 1.82) is 0 Å². The SMILES string of the molecule is c1ccc(-c2ccccc2-c2c3oc4ccccc4c3cc3c2oc2ccccc23)cc1. The van der Waals surface area contributed by atoms with Crippen molar-refractivity contribution in [3.8, 4) is 22.3 Å². The van der Waals surface area contributed by atoms with Crippen LogP contribution in [0.3, 0.4) is 0 Å². The molecule has 0 unspecified atom stereocenters. The fraction of sp³-hybridized carbons (Fsp3) is 0. The van der Waals surface area contributed by atoms with Gasteiger partial charge in [0.15, 0.2) is 0 Å². The highest BCUT2D eigenvalue weighted by Crippen LogP contribution is 2.46. The van der Waals surface area contributed by atoms with E-state index in [1.165, 1.54) is 5.56 Å². The average Bonchev–Trinajstić information content (AvgIpc) is 3.41. The minimum absolute atomic E-state index is 0.862. The summed E-state index contributed by atoms with van der Waals surface area (Å²) in [6.45, 7) is 0. The van der Waals surface area contributed by atoms with E-state index in [9.17, 15) is 0 Å². The lowest BCUT2D eigenvalue weighted by molar-refractivity contribution is 0.658. The van der Waals surface area contributed by atoms with Gasteiger partial charge in [0, 0.05) is 21.5 Å². The first-order valence-electron chi connectivity index (χ1n) is 10.8. The highest BCUT2D eigenvalue weighted by molar-refractivity contribution is 6.22. The standard InChI is InChI=1S/C30H18O2/c1-2-10-19(11-3-1)20-12-4-5-15-23(20)28-29-24(21-13-6-8-16-26(21)31-29)18-25-22-14-7-9-17-27(22)32-30(25)28/h1-18H. The monoisotopic (exact) mass is 410 g/mol. The third-order valence-electron chi connectivity index (χ3n) is 6.29. The zero-order valence-electron chi connectivity index (χ0n) is 17.2. The van der Waals surface area contributed by atoms with Crippen LogP contribution in [0.5, 0.6) is 0 Å². The van der Waals surface area contributed by atoms with Crippen LogP contribution in [0.1, 0.15) is 0 Å². The smallest absolute Gasteiger partial charge is 0.147 e. The molecule has 32 heavy (non-hydrogen) atoms. The maximum Gasteiger partial charge on any atom is 0.147 e. The Bertz CT molecular complexity index is 1680. The fourth-order valence-electron chi connectivity index (χ4n) is 4.85. The Hall–Kier alpha value is -4.30. The molecule has 7 rings (SSSR count). The van der Waals surface area contributed by atoms with Crippen LogP contribution >= 0.6 is 0 Å². The van der Waals surface area contributed by atoms with Gasteiger partial charge in [0.25, 0.3) is 0 Å². The van der Waals surface area contributed by atoms with E-state index in [1.807, 2.05) is 30.3 Å². The van der Waals surface area contributed by atoms with Crippen molar-refractivity contribution in [2.45, 2.75) is 0 Å². The number of furan rings is 2. The van der Waals surface area contributed by atoms with Gasteiger partial charge in [-0.15, -0.1) is 0 Å². The third kappa shape index (κ3) is 2.41. The van der Waals surface area contributed by atoms with E-state index in [-0.39, 0.29) is 0 Å². The summed E-state index contributed by atoms with van der Waals surface area (Å²) in [6.07, 6.45) is 0. The number of hydrogen-bond donors (Lipinski definition) is 0. The van der Waals surface area contributed by atoms with E-state index in [2.05, 4.69) is 78.9 Å². The summed E-state index contributed by atoms with van der Waals surface area (Å²) in [5.74, 6) is 0. The molecule has 2 heterocycles. The van der Waals surface area contributed by atoms with Gasteiger partial charge < -0.3 is 8.83 Å². The van der Waals surface area contributed by atoms with Crippen LogP contribution in [0.2, 0.25) is 0 Å². The van der Waals surface area contributed by atoms with Gasteiger partial charge in [-0.1, -0.05) is 91.0 Å². The van der Waals surface area contributed by atoms with Crippen LogP contribution in [0.15, 0.2) is 118 Å². The molecule has 0 bridgehead atoms. The number of hydrogen-bond acceptors (Lipinski definition) is 2. The number of para-hydroxylation sites is 2. The maximum atomic E-state index is 6.47. The molecular formula is C30H18O2. The van der Waals surface area contributed by atoms with E-state index < -0.39 is 0 Å². The molecule has 0 saturated heterocycles. The first-order valence-corrected chi connectivity index (χ1v) is 10.8. The Morgan fingerprint density at radius 1 is 0.406 bits per heavy atom. The van der Waals surface area contributed by atoms with Crippen LogP contribution in [-0.4, -0.2) is 0 Å². The van der Waals surface area contributed by atoms with Crippen LogP contribution in [-0.2, 0) is 0 Å². The van der Waals surface area contributed by atoms with E-state index >= 15 is 0 Å². The van der Waals surface area contributed by atoms with Crippen molar-refractivity contribution in [3.63, 3.8) is 0 Å². The van der Waals surface area contributed by atoms with Gasteiger partial charge in [0.1, 0.15) is 22.3 Å². The predicted molar refractivity (Wildman–Crippen MR) is 132 cm³/mol. The molecule has 150 valence electrons. The van der Waals surface area contributed by atoms with Crippen molar-refractivity contribution in [1.82, 2.24) is 0 Å². The van der Waals surface area contributed by atoms with E-state index in [0.29, 0.717) is 0 Å². The zero-order chi connectivity index (χ0) is 21.1. The second-order valence-electron chi connectivity index (χ2n) is 8.11. The van der Waals surface area contributed by atoms with Gasteiger partial charge in [-0.2, -0.15) is 0 Å². The first kappa shape index (κ1) is 17.4. The number of fused-ring (bicyclic) bond motifs is 6. The molecule has 0 atom stereocenters. The predicted octanol–water partition coefficient (Wildman–Crippen LogP) is 8.82. The summed E-state index contributed by atoms with van der Waals surface area (Å²) in [5, 5.41) is 4.45. The molecule has 2 heteroatoms. The van der Waals surface area contributed by atoms with Crippen molar-refractivity contribution in [3.05, 3.63) is 109 Å². The average molecular weight is 410 g/mol. The molecule has 2 aromatic heterocycles. The van der Waals surface area contributed by atoms with Gasteiger partial charge >= 0.3 is 0 Å². The lowest BCUT2D eigenvalue weighted by atomic mass is 9.92. The summed E-state index contributed by atoms with van der Waals surface area (Å²) in [5.41, 5.74) is 7.93. The van der Waals surface area contributed by atoms with Crippen LogP contribution in [0.25, 0.3) is 66.1 Å². The van der Waals surface area contributed by atoms with E-state index in [0.717, 1.165) is 60.6 Å². The molecular weight excluding hydrogens is 392 g/mol. The Morgan fingerprint density at radius 2 is 0.906 bits per heavy atom. The number of rotatable bonds is 2. The Balaban J connectivity index is 1.71. The lowest BCUT2D eigenvalue weighted by Gasteiger charge is -2.11. The maximum absolute atomic E-state index is 6.47. The summed E-state index contributed by atoms with van der Waals surface area (Å²) >= 11 is 0. The Kier molecular flexibility index (Phi) is 3.58. The van der Waals surface area contributed by atoms with Gasteiger partial charge in [-0.25, -0.2) is 0 Å². The molecule has 0 aliphatic carbocycles. The molecule has 0 spiro atoms. The molecule has 0 radical (unpaired) electrons. The first-order chi connectivity index (χ1) is 15.9. The number of benzene rings is 5. The molecule has 0 N–H and O–H groups in total. The normalized spacial score (nSPS) is 11.8. The van der Waals surface area contributed by atoms with Gasteiger partial charge in [0.2, 0.25) is 0 Å². The molecule has 0 aliphatic rings. The fourth-order valence-corrected chi connectivity index (χ4v) is 4.85. The zero-order valence-corrected chi connectivity index (χ0v) is 17.2. The van der Waals surface area contributed by atoms with Crippen molar-refractivity contribution >= 4 is 43.9 Å². The molecule has 0 aliphatic heterocycles. The summed E-state index contributed by atoms with van der Waals surface area (Å²) in [7, 11) is 0. The molecule has 0 saturated carbocycles. The topological polar surface area (TPSA) is 26.3 Å². The quantitative estimate of drug-likeness (QED) is 0.284. The Morgan fingerprint density at radius 3 is 1.53 bits per heavy atom. The van der Waals surface area contributed by atoms with Gasteiger partial charge in [0.05, 0.1) is 5.56 Å². The molecule has 0 fully saturated rings. The summed E-state index contributed by atoms with van der Waals surface area (Å²) in [4.78, 5) is 0. The van der Waals surface area contributed by atoms with Crippen molar-refractivity contribution in [2.75, 3.05) is 0 Å². The van der Waals surface area contributed by atoms with E-state index in [4.69, 9.17) is 8.83 Å². The van der Waals surface area contributed by atoms with Crippen LogP contribution in [0, 0.1) is 0 Å². The van der Waals surface area contributed by atoms with Gasteiger partial charge in [-0.3, -0.25) is 0 Å². The molecule has 2 nitrogen and oxygen atoms in total. The molecule has 7 aromatic rings. The Labute approximate surface area is 184 Å². The van der Waals surface area contributed by atoms with Crippen LogP contribution < -0.4 is 0 Å². The third-order valence-corrected chi connectivity index (χ3v) is 6.29. The highest BCUT2D eigenvalue weighted by atomic mass is 16.3. The van der Waals surface area contributed by atoms with E-state index in [1.54, 1.807) is 0 Å². The molecule has 5 aromatic carbocycles. The lowest BCUT2D eigenvalue weighted by Crippen LogP contribution is -1.87. The van der Waals surface area contributed by atoms with Gasteiger partial charge in [-0.05, 0) is 34.9 Å². The van der Waals surface area contributed by atoms with Crippen molar-refractivity contribution in [2.24, 2.45) is 0 Å². The van der Waals surface area contributed by atoms with Crippen molar-refractivity contribution < 1.29 is 8.83 Å². The second-order valence-corrected chi connectivity index (χ2v) is 8.11. The molecule has 0 amide bonds. The highest BCUT2D eigenvalue weighted by Gasteiger charge is 2.22. The largest absolute Gasteiger partial charge is 0.455 e. The summed E-state index contributed by atoms with van der Waals surface area (Å²) in [6, 6.07) is 37.7. The summed E-state index contributed by atoms with van der Waals surface area (Å²) < 4.78 is 12.9. The minimum Gasteiger partial charge on any atom is -0.455 e. The minimum atomic E-state index is 0.862. The second kappa shape index (κ2) is 6.60. The van der Waals surface area contributed by atoms with Crippen LogP contribution in [0.4, 0.5) is 0 Å².